The zero-order chi connectivity index (χ0) is 12.2. The van der Waals surface area contributed by atoms with Crippen LogP contribution in [0, 0.1) is 5.92 Å². The summed E-state index contributed by atoms with van der Waals surface area (Å²) in [5.74, 6) is -0.00500. The van der Waals surface area contributed by atoms with Gasteiger partial charge in [-0.15, -0.1) is 17.9 Å². The smallest absolute Gasteiger partial charge is 0.212 e. The van der Waals surface area contributed by atoms with Gasteiger partial charge in [-0.1, -0.05) is 19.1 Å². The Morgan fingerprint density at radius 3 is 2.75 bits per heavy atom. The van der Waals surface area contributed by atoms with Crippen molar-refractivity contribution in [1.29, 1.82) is 0 Å². The lowest BCUT2D eigenvalue weighted by Gasteiger charge is -2.20. The lowest BCUT2D eigenvalue weighted by molar-refractivity contribution is 0.507. The third kappa shape index (κ3) is 3.73. The average molecular weight is 259 g/mol. The van der Waals surface area contributed by atoms with Crippen molar-refractivity contribution in [3.63, 3.8) is 0 Å². The van der Waals surface area contributed by atoms with E-state index >= 15 is 0 Å². The largest absolute Gasteiger partial charge is 0.228 e. The SMILES string of the molecule is C=CC[C@H](C)[C@H](Cc1cccs1)S(N)(=O)=O. The minimum Gasteiger partial charge on any atom is -0.228 e. The predicted octanol–water partition coefficient (Wildman–Crippen LogP) is 2.16. The van der Waals surface area contributed by atoms with Gasteiger partial charge in [0, 0.05) is 11.3 Å². The summed E-state index contributed by atoms with van der Waals surface area (Å²) in [6.07, 6.45) is 2.88. The summed E-state index contributed by atoms with van der Waals surface area (Å²) < 4.78 is 23.0. The molecule has 0 unspecified atom stereocenters. The molecule has 0 saturated heterocycles. The Labute approximate surface area is 101 Å². The van der Waals surface area contributed by atoms with Crippen molar-refractivity contribution < 1.29 is 8.42 Å². The fourth-order valence-corrected chi connectivity index (χ4v) is 3.72. The van der Waals surface area contributed by atoms with Crippen LogP contribution in [0.4, 0.5) is 0 Å². The molecule has 1 aromatic rings. The standard InChI is InChI=1S/C11H17NO2S2/c1-3-5-9(2)11(16(12,13)14)8-10-6-4-7-15-10/h3-4,6-7,9,11H,1,5,8H2,2H3,(H2,12,13,14)/t9-,11-/m0/s1. The lowest BCUT2D eigenvalue weighted by atomic mass is 10.0. The van der Waals surface area contributed by atoms with Crippen LogP contribution in [-0.2, 0) is 16.4 Å². The summed E-state index contributed by atoms with van der Waals surface area (Å²) in [5, 5.41) is 6.68. The van der Waals surface area contributed by atoms with Gasteiger partial charge < -0.3 is 0 Å². The number of nitrogens with two attached hydrogens (primary N) is 1. The Kier molecular flexibility index (Phi) is 4.70. The first-order valence-electron chi connectivity index (χ1n) is 5.10. The highest BCUT2D eigenvalue weighted by Gasteiger charge is 2.27. The van der Waals surface area contributed by atoms with Gasteiger partial charge in [0.1, 0.15) is 0 Å². The molecule has 90 valence electrons. The maximum absolute atomic E-state index is 11.5. The highest BCUT2D eigenvalue weighted by Crippen LogP contribution is 2.21. The van der Waals surface area contributed by atoms with Crippen molar-refractivity contribution in [2.24, 2.45) is 11.1 Å². The van der Waals surface area contributed by atoms with E-state index in [9.17, 15) is 8.42 Å². The van der Waals surface area contributed by atoms with Crippen molar-refractivity contribution in [1.82, 2.24) is 0 Å². The summed E-state index contributed by atoms with van der Waals surface area (Å²) in [5.41, 5.74) is 0. The second kappa shape index (κ2) is 5.61. The number of hydrogen-bond donors (Lipinski definition) is 1. The van der Waals surface area contributed by atoms with E-state index in [4.69, 9.17) is 5.14 Å². The summed E-state index contributed by atoms with van der Waals surface area (Å²) in [4.78, 5) is 1.05. The average Bonchev–Trinajstić information content (AvgIpc) is 2.64. The van der Waals surface area contributed by atoms with Crippen molar-refractivity contribution in [3.05, 3.63) is 35.0 Å². The van der Waals surface area contributed by atoms with Crippen LogP contribution in [0.2, 0.25) is 0 Å². The number of sulfonamides is 1. The first kappa shape index (κ1) is 13.4. The summed E-state index contributed by atoms with van der Waals surface area (Å²) in [6.45, 7) is 5.52. The Hall–Kier alpha value is -0.650. The maximum atomic E-state index is 11.5. The molecule has 0 aliphatic carbocycles. The van der Waals surface area contributed by atoms with Gasteiger partial charge in [-0.3, -0.25) is 0 Å². The minimum absolute atomic E-state index is 0.00500. The van der Waals surface area contributed by atoms with Crippen LogP contribution < -0.4 is 5.14 Å². The Bertz CT molecular complexity index is 423. The third-order valence-corrected chi connectivity index (χ3v) is 4.95. The van der Waals surface area contributed by atoms with Crippen molar-refractivity contribution in [3.8, 4) is 0 Å². The molecule has 2 N–H and O–H groups in total. The second-order valence-corrected chi connectivity index (χ2v) is 6.73. The molecule has 0 amide bonds. The van der Waals surface area contributed by atoms with E-state index in [1.165, 1.54) is 0 Å². The van der Waals surface area contributed by atoms with Gasteiger partial charge in [0.2, 0.25) is 10.0 Å². The van der Waals surface area contributed by atoms with Crippen LogP contribution in [-0.4, -0.2) is 13.7 Å². The number of hydrogen-bond acceptors (Lipinski definition) is 3. The normalized spacial score (nSPS) is 15.6. The van der Waals surface area contributed by atoms with Crippen molar-refractivity contribution >= 4 is 21.4 Å². The fourth-order valence-electron chi connectivity index (χ4n) is 1.68. The molecule has 1 aromatic heterocycles. The third-order valence-electron chi connectivity index (χ3n) is 2.58. The molecule has 0 radical (unpaired) electrons. The maximum Gasteiger partial charge on any atom is 0.212 e. The molecule has 0 aliphatic heterocycles. The second-order valence-electron chi connectivity index (χ2n) is 3.91. The number of thiophene rings is 1. The summed E-state index contributed by atoms with van der Waals surface area (Å²) in [7, 11) is -3.50. The highest BCUT2D eigenvalue weighted by atomic mass is 32.2. The van der Waals surface area contributed by atoms with E-state index in [1.54, 1.807) is 17.4 Å². The van der Waals surface area contributed by atoms with Gasteiger partial charge in [0.15, 0.2) is 0 Å². The summed E-state index contributed by atoms with van der Waals surface area (Å²) >= 11 is 1.56. The molecular weight excluding hydrogens is 242 g/mol. The fraction of sp³-hybridized carbons (Fsp3) is 0.455. The molecule has 1 rings (SSSR count). The monoisotopic (exact) mass is 259 g/mol. The van der Waals surface area contributed by atoms with E-state index in [0.717, 1.165) is 4.88 Å². The highest BCUT2D eigenvalue weighted by molar-refractivity contribution is 7.89. The molecule has 0 fully saturated rings. The quantitative estimate of drug-likeness (QED) is 0.796. The van der Waals surface area contributed by atoms with E-state index in [0.29, 0.717) is 12.8 Å². The molecule has 0 spiro atoms. The molecule has 0 aliphatic rings. The van der Waals surface area contributed by atoms with Crippen LogP contribution in [0.1, 0.15) is 18.2 Å². The number of rotatable bonds is 6. The van der Waals surface area contributed by atoms with Crippen LogP contribution in [0.25, 0.3) is 0 Å². The van der Waals surface area contributed by atoms with E-state index in [1.807, 2.05) is 24.4 Å². The van der Waals surface area contributed by atoms with Crippen molar-refractivity contribution in [2.75, 3.05) is 0 Å². The molecule has 0 aromatic carbocycles. The molecule has 0 saturated carbocycles. The Morgan fingerprint density at radius 1 is 1.62 bits per heavy atom. The van der Waals surface area contributed by atoms with Gasteiger partial charge in [-0.25, -0.2) is 13.6 Å². The zero-order valence-electron chi connectivity index (χ0n) is 9.30. The molecule has 2 atom stereocenters. The molecule has 0 bridgehead atoms. The molecule has 5 heteroatoms. The van der Waals surface area contributed by atoms with Crippen molar-refractivity contribution in [2.45, 2.75) is 25.0 Å². The van der Waals surface area contributed by atoms with Crippen LogP contribution in [0.5, 0.6) is 0 Å². The first-order chi connectivity index (χ1) is 7.45. The molecule has 3 nitrogen and oxygen atoms in total. The minimum atomic E-state index is -3.50. The van der Waals surface area contributed by atoms with Gasteiger partial charge in [-0.2, -0.15) is 0 Å². The van der Waals surface area contributed by atoms with Gasteiger partial charge >= 0.3 is 0 Å². The summed E-state index contributed by atoms with van der Waals surface area (Å²) in [6, 6.07) is 3.85. The van der Waals surface area contributed by atoms with Crippen LogP contribution in [0.15, 0.2) is 30.2 Å². The van der Waals surface area contributed by atoms with Gasteiger partial charge in [0.05, 0.1) is 5.25 Å². The molecule has 1 heterocycles. The first-order valence-corrected chi connectivity index (χ1v) is 7.59. The number of primary sulfonamides is 1. The Balaban J connectivity index is 2.84. The van der Waals surface area contributed by atoms with E-state index in [-0.39, 0.29) is 5.92 Å². The van der Waals surface area contributed by atoms with E-state index < -0.39 is 15.3 Å². The van der Waals surface area contributed by atoms with Crippen LogP contribution in [0.3, 0.4) is 0 Å². The van der Waals surface area contributed by atoms with Gasteiger partial charge in [0.25, 0.3) is 0 Å². The van der Waals surface area contributed by atoms with Gasteiger partial charge in [-0.05, 0) is 23.8 Å². The molecule has 16 heavy (non-hydrogen) atoms. The molecular formula is C11H17NO2S2. The van der Waals surface area contributed by atoms with E-state index in [2.05, 4.69) is 6.58 Å². The Morgan fingerprint density at radius 2 is 2.31 bits per heavy atom. The number of allylic oxidation sites excluding steroid dienone is 1. The lowest BCUT2D eigenvalue weighted by Crippen LogP contribution is -2.35. The topological polar surface area (TPSA) is 60.2 Å². The zero-order valence-corrected chi connectivity index (χ0v) is 10.9. The van der Waals surface area contributed by atoms with Crippen LogP contribution >= 0.6 is 11.3 Å². The predicted molar refractivity (Wildman–Crippen MR) is 68.9 cm³/mol.